The number of halogens is 2. The number of hydrogen-bond acceptors (Lipinski definition) is 5. The fraction of sp³-hybridized carbons (Fsp3) is 0.179. The third-order valence-electron chi connectivity index (χ3n) is 5.43. The predicted octanol–water partition coefficient (Wildman–Crippen LogP) is 6.02. The highest BCUT2D eigenvalue weighted by atomic mass is 19.1. The van der Waals surface area contributed by atoms with Crippen molar-refractivity contribution >= 4 is 28.8 Å². The molecule has 184 valence electrons. The summed E-state index contributed by atoms with van der Waals surface area (Å²) in [5.41, 5.74) is 1.95. The molecule has 3 aromatic carbocycles. The van der Waals surface area contributed by atoms with Crippen LogP contribution in [0.15, 0.2) is 66.9 Å². The number of carbonyl (C=O) groups is 2. The fourth-order valence-electron chi connectivity index (χ4n) is 3.71. The minimum atomic E-state index is -0.572. The van der Waals surface area contributed by atoms with Crippen LogP contribution in [0.2, 0.25) is 0 Å². The number of hydrogen-bond donors (Lipinski definition) is 1. The number of ether oxygens (including phenoxy) is 2. The molecule has 0 radical (unpaired) electrons. The molecule has 0 aliphatic rings. The van der Waals surface area contributed by atoms with Crippen LogP contribution in [0.1, 0.15) is 24.5 Å². The molecule has 1 aromatic heterocycles. The number of aromatic nitrogens is 1. The molecule has 1 N–H and O–H groups in total. The molecule has 36 heavy (non-hydrogen) atoms. The second kappa shape index (κ2) is 11.4. The SMILES string of the molecule is CCCOc1cc2nccc(Oc3ccc(CC(=O)Cc4ccc(F)cc4)c(F)c3)c2cc1NC=O. The second-order valence-corrected chi connectivity index (χ2v) is 8.16. The molecule has 0 fully saturated rings. The summed E-state index contributed by atoms with van der Waals surface area (Å²) in [6.07, 6.45) is 2.91. The number of ketones is 1. The molecule has 4 rings (SSSR count). The van der Waals surface area contributed by atoms with E-state index in [1.807, 2.05) is 6.92 Å². The Hall–Kier alpha value is -4.33. The summed E-state index contributed by atoms with van der Waals surface area (Å²) >= 11 is 0. The number of rotatable bonds is 11. The van der Waals surface area contributed by atoms with E-state index < -0.39 is 5.82 Å². The van der Waals surface area contributed by atoms with Crippen molar-refractivity contribution in [1.82, 2.24) is 4.98 Å². The summed E-state index contributed by atoms with van der Waals surface area (Å²) < 4.78 is 39.5. The number of pyridine rings is 1. The van der Waals surface area contributed by atoms with Gasteiger partial charge in [-0.1, -0.05) is 25.1 Å². The van der Waals surface area contributed by atoms with E-state index in [4.69, 9.17) is 9.47 Å². The van der Waals surface area contributed by atoms with Crippen LogP contribution in [0.5, 0.6) is 17.2 Å². The van der Waals surface area contributed by atoms with Crippen LogP contribution in [-0.4, -0.2) is 23.8 Å². The summed E-state index contributed by atoms with van der Waals surface area (Å²) in [7, 11) is 0. The number of nitrogens with one attached hydrogen (secondary N) is 1. The lowest BCUT2D eigenvalue weighted by Crippen LogP contribution is -2.08. The molecule has 0 spiro atoms. The van der Waals surface area contributed by atoms with Gasteiger partial charge in [0, 0.05) is 36.6 Å². The van der Waals surface area contributed by atoms with Gasteiger partial charge < -0.3 is 14.8 Å². The van der Waals surface area contributed by atoms with Crippen molar-refractivity contribution in [1.29, 1.82) is 0 Å². The Kier molecular flexibility index (Phi) is 7.85. The first-order valence-corrected chi connectivity index (χ1v) is 11.4. The lowest BCUT2D eigenvalue weighted by molar-refractivity contribution is -0.117. The molecule has 4 aromatic rings. The quantitative estimate of drug-likeness (QED) is 0.260. The van der Waals surface area contributed by atoms with Crippen LogP contribution < -0.4 is 14.8 Å². The standard InChI is InChI=1S/C28H24F2N2O4/c1-2-11-35-28-16-25-23(15-26(28)32-17-33)27(9-10-31-25)36-22-8-5-19(24(30)14-22)13-21(34)12-18-3-6-20(29)7-4-18/h3-10,14-17H,2,11-13H2,1H3,(H,32,33). The van der Waals surface area contributed by atoms with Crippen LogP contribution in [0, 0.1) is 11.6 Å². The Bertz CT molecular complexity index is 1390. The molecular formula is C28H24F2N2O4. The summed E-state index contributed by atoms with van der Waals surface area (Å²) in [6.45, 7) is 2.46. The summed E-state index contributed by atoms with van der Waals surface area (Å²) in [5, 5.41) is 3.23. The van der Waals surface area contributed by atoms with Gasteiger partial charge in [0.2, 0.25) is 6.41 Å². The van der Waals surface area contributed by atoms with Gasteiger partial charge in [0.15, 0.2) is 0 Å². The lowest BCUT2D eigenvalue weighted by atomic mass is 10.0. The highest BCUT2D eigenvalue weighted by Crippen LogP contribution is 2.36. The van der Waals surface area contributed by atoms with E-state index >= 15 is 0 Å². The third-order valence-corrected chi connectivity index (χ3v) is 5.43. The van der Waals surface area contributed by atoms with Crippen molar-refractivity contribution < 1.29 is 27.8 Å². The van der Waals surface area contributed by atoms with Gasteiger partial charge in [0.05, 0.1) is 17.8 Å². The van der Waals surface area contributed by atoms with Crippen molar-refractivity contribution in [3.63, 3.8) is 0 Å². The number of Topliss-reactive ketones (excluding diaryl/α,β-unsaturated/α-hetero) is 1. The topological polar surface area (TPSA) is 77.5 Å². The largest absolute Gasteiger partial charge is 0.491 e. The van der Waals surface area contributed by atoms with Crippen molar-refractivity contribution in [3.05, 3.63) is 89.6 Å². The number of benzene rings is 3. The van der Waals surface area contributed by atoms with Crippen molar-refractivity contribution in [3.8, 4) is 17.2 Å². The molecule has 0 saturated heterocycles. The predicted molar refractivity (Wildman–Crippen MR) is 133 cm³/mol. The maximum Gasteiger partial charge on any atom is 0.211 e. The Morgan fingerprint density at radius 3 is 2.53 bits per heavy atom. The average molecular weight is 491 g/mol. The normalized spacial score (nSPS) is 10.8. The van der Waals surface area contributed by atoms with Gasteiger partial charge >= 0.3 is 0 Å². The minimum Gasteiger partial charge on any atom is -0.491 e. The summed E-state index contributed by atoms with van der Waals surface area (Å²) in [5.74, 6) is 0.00190. The zero-order valence-electron chi connectivity index (χ0n) is 19.6. The van der Waals surface area contributed by atoms with Crippen LogP contribution in [0.25, 0.3) is 10.9 Å². The van der Waals surface area contributed by atoms with Crippen LogP contribution in [0.4, 0.5) is 14.5 Å². The van der Waals surface area contributed by atoms with Crippen molar-refractivity contribution in [2.24, 2.45) is 0 Å². The van der Waals surface area contributed by atoms with Crippen LogP contribution in [0.3, 0.4) is 0 Å². The molecular weight excluding hydrogens is 466 g/mol. The zero-order chi connectivity index (χ0) is 25.5. The molecule has 1 heterocycles. The Morgan fingerprint density at radius 1 is 1.00 bits per heavy atom. The first-order chi connectivity index (χ1) is 17.5. The Labute approximate surface area is 206 Å². The number of anilines is 1. The molecule has 1 amide bonds. The van der Waals surface area contributed by atoms with Gasteiger partial charge in [0.25, 0.3) is 0 Å². The fourth-order valence-corrected chi connectivity index (χ4v) is 3.71. The van der Waals surface area contributed by atoms with Gasteiger partial charge in [-0.2, -0.15) is 0 Å². The molecule has 0 bridgehead atoms. The summed E-state index contributed by atoms with van der Waals surface area (Å²) in [6, 6.07) is 15.0. The first kappa shape index (κ1) is 24.8. The van der Waals surface area contributed by atoms with E-state index in [2.05, 4.69) is 10.3 Å². The highest BCUT2D eigenvalue weighted by Gasteiger charge is 2.14. The van der Waals surface area contributed by atoms with E-state index in [0.29, 0.717) is 46.7 Å². The van der Waals surface area contributed by atoms with E-state index in [1.54, 1.807) is 30.5 Å². The maximum absolute atomic E-state index is 14.8. The van der Waals surface area contributed by atoms with Gasteiger partial charge in [-0.15, -0.1) is 0 Å². The summed E-state index contributed by atoms with van der Waals surface area (Å²) in [4.78, 5) is 27.8. The van der Waals surface area contributed by atoms with Gasteiger partial charge in [-0.05, 0) is 47.9 Å². The number of amides is 1. The van der Waals surface area contributed by atoms with Crippen molar-refractivity contribution in [2.45, 2.75) is 26.2 Å². The maximum atomic E-state index is 14.8. The third kappa shape index (κ3) is 6.02. The average Bonchev–Trinajstić information content (AvgIpc) is 2.86. The van der Waals surface area contributed by atoms with Gasteiger partial charge in [-0.3, -0.25) is 14.6 Å². The van der Waals surface area contributed by atoms with Crippen molar-refractivity contribution in [2.75, 3.05) is 11.9 Å². The molecule has 0 atom stereocenters. The van der Waals surface area contributed by atoms with E-state index in [9.17, 15) is 18.4 Å². The van der Waals surface area contributed by atoms with Gasteiger partial charge in [-0.25, -0.2) is 8.78 Å². The number of carbonyl (C=O) groups excluding carboxylic acids is 2. The molecule has 6 nitrogen and oxygen atoms in total. The Morgan fingerprint density at radius 2 is 1.81 bits per heavy atom. The molecule has 0 aliphatic heterocycles. The minimum absolute atomic E-state index is 0.0854. The lowest BCUT2D eigenvalue weighted by Gasteiger charge is -2.14. The smallest absolute Gasteiger partial charge is 0.211 e. The number of nitrogens with zero attached hydrogens (tertiary/aromatic N) is 1. The molecule has 8 heteroatoms. The molecule has 0 aliphatic carbocycles. The van der Waals surface area contributed by atoms with E-state index in [0.717, 1.165) is 6.42 Å². The number of fused-ring (bicyclic) bond motifs is 1. The molecule has 0 saturated carbocycles. The Balaban J connectivity index is 1.52. The van der Waals surface area contributed by atoms with Gasteiger partial charge in [0.1, 0.15) is 34.7 Å². The van der Waals surface area contributed by atoms with Crippen LogP contribution in [-0.2, 0) is 22.4 Å². The second-order valence-electron chi connectivity index (χ2n) is 8.16. The monoisotopic (exact) mass is 490 g/mol. The van der Waals surface area contributed by atoms with E-state index in [1.165, 1.54) is 36.4 Å². The zero-order valence-corrected chi connectivity index (χ0v) is 19.6. The van der Waals surface area contributed by atoms with E-state index in [-0.39, 0.29) is 35.8 Å². The highest BCUT2D eigenvalue weighted by molar-refractivity contribution is 5.93. The van der Waals surface area contributed by atoms with Crippen LogP contribution >= 0.6 is 0 Å². The first-order valence-electron chi connectivity index (χ1n) is 11.4. The molecule has 0 unspecified atom stereocenters.